The highest BCUT2D eigenvalue weighted by Crippen LogP contribution is 2.21. The van der Waals surface area contributed by atoms with Crippen LogP contribution in [0.3, 0.4) is 0 Å². The molecular formula is C17H22N4. The maximum atomic E-state index is 6.01. The average molecular weight is 282 g/mol. The molecule has 21 heavy (non-hydrogen) atoms. The van der Waals surface area contributed by atoms with Gasteiger partial charge in [0.2, 0.25) is 0 Å². The molecule has 0 radical (unpaired) electrons. The topological polar surface area (TPSA) is 45.4 Å². The van der Waals surface area contributed by atoms with Gasteiger partial charge in [0.15, 0.2) is 5.82 Å². The molecule has 2 heterocycles. The molecular weight excluding hydrogens is 260 g/mol. The van der Waals surface area contributed by atoms with Crippen LogP contribution < -0.4 is 10.6 Å². The fraction of sp³-hybridized carbons (Fsp3) is 0.353. The van der Waals surface area contributed by atoms with Gasteiger partial charge in [0, 0.05) is 38.9 Å². The van der Waals surface area contributed by atoms with E-state index in [1.54, 1.807) is 0 Å². The number of anilines is 2. The lowest BCUT2D eigenvalue weighted by molar-refractivity contribution is 0.249. The van der Waals surface area contributed by atoms with E-state index in [1.807, 2.05) is 18.3 Å². The largest absolute Gasteiger partial charge is 0.396 e. The van der Waals surface area contributed by atoms with Crippen molar-refractivity contribution in [3.05, 3.63) is 53.7 Å². The van der Waals surface area contributed by atoms with Crippen LogP contribution in [0.15, 0.2) is 42.6 Å². The number of aromatic nitrogens is 1. The Bertz CT molecular complexity index is 603. The maximum Gasteiger partial charge on any atom is 0.151 e. The number of hydrogen-bond donors (Lipinski definition) is 1. The lowest BCUT2D eigenvalue weighted by atomic mass is 10.1. The van der Waals surface area contributed by atoms with Crippen molar-refractivity contribution in [2.24, 2.45) is 0 Å². The van der Waals surface area contributed by atoms with Crippen molar-refractivity contribution in [1.82, 2.24) is 9.88 Å². The molecule has 0 amide bonds. The molecule has 0 unspecified atom stereocenters. The Morgan fingerprint density at radius 2 is 1.81 bits per heavy atom. The van der Waals surface area contributed by atoms with Crippen molar-refractivity contribution in [1.29, 1.82) is 0 Å². The third kappa shape index (κ3) is 3.16. The van der Waals surface area contributed by atoms with E-state index in [0.29, 0.717) is 0 Å². The summed E-state index contributed by atoms with van der Waals surface area (Å²) in [6.07, 6.45) is 1.81. The van der Waals surface area contributed by atoms with Crippen molar-refractivity contribution in [3.8, 4) is 0 Å². The predicted molar refractivity (Wildman–Crippen MR) is 87.3 cm³/mol. The number of hydrogen-bond acceptors (Lipinski definition) is 4. The van der Waals surface area contributed by atoms with E-state index in [9.17, 15) is 0 Å². The van der Waals surface area contributed by atoms with E-state index in [2.05, 4.69) is 46.0 Å². The zero-order valence-electron chi connectivity index (χ0n) is 12.5. The summed E-state index contributed by atoms with van der Waals surface area (Å²) in [7, 11) is 0. The fourth-order valence-electron chi connectivity index (χ4n) is 2.82. The number of rotatable bonds is 3. The van der Waals surface area contributed by atoms with Crippen LogP contribution in [0.5, 0.6) is 0 Å². The zero-order valence-corrected chi connectivity index (χ0v) is 12.5. The van der Waals surface area contributed by atoms with Gasteiger partial charge in [0.25, 0.3) is 0 Å². The number of nitrogen functional groups attached to an aromatic ring is 1. The summed E-state index contributed by atoms with van der Waals surface area (Å²) < 4.78 is 0. The van der Waals surface area contributed by atoms with Gasteiger partial charge in [-0.1, -0.05) is 24.3 Å². The van der Waals surface area contributed by atoms with Crippen molar-refractivity contribution in [3.63, 3.8) is 0 Å². The monoisotopic (exact) mass is 282 g/mol. The Labute approximate surface area is 126 Å². The summed E-state index contributed by atoms with van der Waals surface area (Å²) in [5.41, 5.74) is 9.57. The predicted octanol–water partition coefficient (Wildman–Crippen LogP) is 2.29. The zero-order chi connectivity index (χ0) is 14.7. The molecule has 3 rings (SSSR count). The number of pyridine rings is 1. The Balaban J connectivity index is 1.61. The molecule has 2 N–H and O–H groups in total. The van der Waals surface area contributed by atoms with Crippen LogP contribution in [0.4, 0.5) is 11.5 Å². The average Bonchev–Trinajstić information content (AvgIpc) is 2.51. The van der Waals surface area contributed by atoms with E-state index in [-0.39, 0.29) is 0 Å². The summed E-state index contributed by atoms with van der Waals surface area (Å²) in [4.78, 5) is 9.19. The van der Waals surface area contributed by atoms with E-state index in [0.717, 1.165) is 44.2 Å². The molecule has 1 aromatic heterocycles. The molecule has 4 heteroatoms. The lowest BCUT2D eigenvalue weighted by Gasteiger charge is -2.36. The van der Waals surface area contributed by atoms with Gasteiger partial charge < -0.3 is 10.6 Å². The molecule has 1 fully saturated rings. The first kappa shape index (κ1) is 13.9. The van der Waals surface area contributed by atoms with Gasteiger partial charge in [-0.15, -0.1) is 0 Å². The van der Waals surface area contributed by atoms with Crippen LogP contribution in [-0.4, -0.2) is 36.1 Å². The van der Waals surface area contributed by atoms with Crippen LogP contribution in [0.1, 0.15) is 11.1 Å². The van der Waals surface area contributed by atoms with Gasteiger partial charge in [0.1, 0.15) is 0 Å². The minimum Gasteiger partial charge on any atom is -0.396 e. The molecule has 0 aliphatic carbocycles. The van der Waals surface area contributed by atoms with Gasteiger partial charge in [-0.05, 0) is 30.2 Å². The Kier molecular flexibility index (Phi) is 4.06. The van der Waals surface area contributed by atoms with Gasteiger partial charge in [-0.2, -0.15) is 0 Å². The van der Waals surface area contributed by atoms with Crippen LogP contribution in [0.2, 0.25) is 0 Å². The van der Waals surface area contributed by atoms with Crippen LogP contribution in [0.25, 0.3) is 0 Å². The molecule has 1 aliphatic rings. The maximum absolute atomic E-state index is 6.01. The molecule has 0 saturated carbocycles. The second-order valence-corrected chi connectivity index (χ2v) is 5.61. The van der Waals surface area contributed by atoms with Crippen molar-refractivity contribution < 1.29 is 0 Å². The second kappa shape index (κ2) is 6.14. The number of nitrogens with zero attached hydrogens (tertiary/aromatic N) is 3. The Morgan fingerprint density at radius 3 is 2.52 bits per heavy atom. The minimum atomic E-state index is 0.768. The number of piperazine rings is 1. The highest BCUT2D eigenvalue weighted by atomic mass is 15.3. The summed E-state index contributed by atoms with van der Waals surface area (Å²) >= 11 is 0. The van der Waals surface area contributed by atoms with Crippen LogP contribution in [0, 0.1) is 6.92 Å². The van der Waals surface area contributed by atoms with Gasteiger partial charge in [0.05, 0.1) is 5.69 Å². The van der Waals surface area contributed by atoms with Crippen molar-refractivity contribution in [2.75, 3.05) is 36.8 Å². The first-order valence-electron chi connectivity index (χ1n) is 7.46. The fourth-order valence-corrected chi connectivity index (χ4v) is 2.82. The summed E-state index contributed by atoms with van der Waals surface area (Å²) in [6, 6.07) is 12.4. The number of aryl methyl sites for hydroxylation is 1. The van der Waals surface area contributed by atoms with Crippen LogP contribution >= 0.6 is 0 Å². The molecule has 2 aromatic rings. The Hall–Kier alpha value is -2.07. The van der Waals surface area contributed by atoms with E-state index >= 15 is 0 Å². The van der Waals surface area contributed by atoms with Crippen molar-refractivity contribution in [2.45, 2.75) is 13.5 Å². The molecule has 4 nitrogen and oxygen atoms in total. The van der Waals surface area contributed by atoms with Crippen LogP contribution in [-0.2, 0) is 6.54 Å². The normalized spacial score (nSPS) is 16.1. The van der Waals surface area contributed by atoms with Gasteiger partial charge >= 0.3 is 0 Å². The standard InChI is InChI=1S/C17H22N4/c1-14-5-2-3-6-15(14)13-20-9-11-21(12-10-20)17-16(18)7-4-8-19-17/h2-8H,9-13,18H2,1H3. The first-order valence-corrected chi connectivity index (χ1v) is 7.46. The SMILES string of the molecule is Cc1ccccc1CN1CCN(c2ncccc2N)CC1. The number of benzene rings is 1. The lowest BCUT2D eigenvalue weighted by Crippen LogP contribution is -2.46. The molecule has 110 valence electrons. The molecule has 0 spiro atoms. The smallest absolute Gasteiger partial charge is 0.151 e. The molecule has 1 aliphatic heterocycles. The molecule has 0 atom stereocenters. The molecule has 0 bridgehead atoms. The molecule has 1 aromatic carbocycles. The third-order valence-corrected chi connectivity index (χ3v) is 4.14. The number of nitrogens with two attached hydrogens (primary N) is 1. The third-order valence-electron chi connectivity index (χ3n) is 4.14. The van der Waals surface area contributed by atoms with Crippen molar-refractivity contribution >= 4 is 11.5 Å². The first-order chi connectivity index (χ1) is 10.2. The van der Waals surface area contributed by atoms with E-state index in [4.69, 9.17) is 5.73 Å². The second-order valence-electron chi connectivity index (χ2n) is 5.61. The Morgan fingerprint density at radius 1 is 1.05 bits per heavy atom. The quantitative estimate of drug-likeness (QED) is 0.938. The minimum absolute atomic E-state index is 0.768. The summed E-state index contributed by atoms with van der Waals surface area (Å²) in [5, 5.41) is 0. The highest BCUT2D eigenvalue weighted by molar-refractivity contribution is 5.62. The van der Waals surface area contributed by atoms with Gasteiger partial charge in [-0.3, -0.25) is 4.90 Å². The van der Waals surface area contributed by atoms with E-state index < -0.39 is 0 Å². The highest BCUT2D eigenvalue weighted by Gasteiger charge is 2.19. The van der Waals surface area contributed by atoms with E-state index in [1.165, 1.54) is 11.1 Å². The summed E-state index contributed by atoms with van der Waals surface area (Å²) in [6.45, 7) is 7.26. The van der Waals surface area contributed by atoms with Gasteiger partial charge in [-0.25, -0.2) is 4.98 Å². The molecule has 1 saturated heterocycles. The summed E-state index contributed by atoms with van der Waals surface area (Å²) in [5.74, 6) is 0.924.